The first-order valence-corrected chi connectivity index (χ1v) is 12.2. The van der Waals surface area contributed by atoms with Crippen molar-refractivity contribution in [3.8, 4) is 11.6 Å². The molecule has 0 radical (unpaired) electrons. The molecule has 0 bridgehead atoms. The van der Waals surface area contributed by atoms with E-state index in [0.29, 0.717) is 17.3 Å². The van der Waals surface area contributed by atoms with Gasteiger partial charge in [0.1, 0.15) is 17.1 Å². The number of benzene rings is 1. The number of halogens is 2. The van der Waals surface area contributed by atoms with E-state index in [1.54, 1.807) is 18.3 Å². The number of nitrogens with one attached hydrogen (secondary N) is 2. The molecule has 1 aliphatic rings. The Balaban J connectivity index is 0.00000342. The van der Waals surface area contributed by atoms with Gasteiger partial charge in [-0.1, -0.05) is 12.1 Å². The Bertz CT molecular complexity index is 1150. The summed E-state index contributed by atoms with van der Waals surface area (Å²) in [5.74, 6) is 2.28. The monoisotopic (exact) mass is 560 g/mol. The van der Waals surface area contributed by atoms with Crippen LogP contribution in [-0.2, 0) is 0 Å². The molecule has 1 aliphatic carbocycles. The topological polar surface area (TPSA) is 92.3 Å². The smallest absolute Gasteiger partial charge is 0.257 e. The van der Waals surface area contributed by atoms with E-state index < -0.39 is 0 Å². The first-order chi connectivity index (χ1) is 16.4. The third kappa shape index (κ3) is 6.82. The average Bonchev–Trinajstić information content (AvgIpc) is 2.83. The Labute approximate surface area is 220 Å². The van der Waals surface area contributed by atoms with Crippen LogP contribution in [-0.4, -0.2) is 47.0 Å². The van der Waals surface area contributed by atoms with Crippen molar-refractivity contribution in [3.63, 3.8) is 0 Å². The van der Waals surface area contributed by atoms with Crippen LogP contribution >= 0.6 is 28.3 Å². The molecule has 0 spiro atoms. The fourth-order valence-electron chi connectivity index (χ4n) is 4.06. The second-order valence-electron chi connectivity index (χ2n) is 8.65. The highest BCUT2D eigenvalue weighted by atomic mass is 79.9. The number of aryl methyl sites for hydroxylation is 1. The third-order valence-electron chi connectivity index (χ3n) is 5.82. The molecule has 1 aromatic carbocycles. The van der Waals surface area contributed by atoms with E-state index in [0.717, 1.165) is 41.5 Å². The van der Waals surface area contributed by atoms with Crippen molar-refractivity contribution < 1.29 is 9.53 Å². The molecule has 3 aromatic rings. The van der Waals surface area contributed by atoms with Crippen molar-refractivity contribution in [1.29, 1.82) is 0 Å². The SMILES string of the molecule is Cc1cnc(NC2CCC(NC(=O)c3cccnc3Oc3ccccc3Br)CC2)nc1N(C)C.Cl. The lowest BCUT2D eigenvalue weighted by atomic mass is 9.91. The summed E-state index contributed by atoms with van der Waals surface area (Å²) in [6.07, 6.45) is 7.05. The van der Waals surface area contributed by atoms with Crippen LogP contribution in [0.3, 0.4) is 0 Å². The van der Waals surface area contributed by atoms with Gasteiger partial charge in [-0.15, -0.1) is 12.4 Å². The van der Waals surface area contributed by atoms with Crippen molar-refractivity contribution in [1.82, 2.24) is 20.3 Å². The summed E-state index contributed by atoms with van der Waals surface area (Å²) in [4.78, 5) is 28.4. The Morgan fingerprint density at radius 1 is 1.06 bits per heavy atom. The summed E-state index contributed by atoms with van der Waals surface area (Å²) >= 11 is 3.47. The average molecular weight is 562 g/mol. The molecule has 0 saturated heterocycles. The molecule has 35 heavy (non-hydrogen) atoms. The van der Waals surface area contributed by atoms with Crippen molar-refractivity contribution in [2.24, 2.45) is 0 Å². The highest BCUT2D eigenvalue weighted by Crippen LogP contribution is 2.30. The molecule has 0 atom stereocenters. The van der Waals surface area contributed by atoms with E-state index in [1.807, 2.05) is 56.4 Å². The number of carbonyl (C=O) groups excluding carboxylic acids is 1. The zero-order valence-corrected chi connectivity index (χ0v) is 22.4. The fraction of sp³-hybridized carbons (Fsp3) is 0.360. The summed E-state index contributed by atoms with van der Waals surface area (Å²) < 4.78 is 6.72. The Hall–Kier alpha value is -2.91. The van der Waals surface area contributed by atoms with Crippen molar-refractivity contribution in [2.75, 3.05) is 24.3 Å². The highest BCUT2D eigenvalue weighted by Gasteiger charge is 2.25. The van der Waals surface area contributed by atoms with Crippen molar-refractivity contribution in [2.45, 2.75) is 44.7 Å². The van der Waals surface area contributed by atoms with E-state index >= 15 is 0 Å². The zero-order valence-electron chi connectivity index (χ0n) is 20.0. The van der Waals surface area contributed by atoms with Crippen LogP contribution in [0.25, 0.3) is 0 Å². The molecular weight excluding hydrogens is 532 g/mol. The molecule has 0 unspecified atom stereocenters. The van der Waals surface area contributed by atoms with E-state index in [4.69, 9.17) is 4.74 Å². The molecule has 1 amide bonds. The maximum atomic E-state index is 13.0. The number of rotatable bonds is 7. The second-order valence-corrected chi connectivity index (χ2v) is 9.50. The van der Waals surface area contributed by atoms with E-state index in [1.165, 1.54) is 0 Å². The minimum Gasteiger partial charge on any atom is -0.437 e. The number of pyridine rings is 1. The molecule has 2 aromatic heterocycles. The van der Waals surface area contributed by atoms with Gasteiger partial charge in [0.05, 0.1) is 4.47 Å². The van der Waals surface area contributed by atoms with Crippen LogP contribution in [0.2, 0.25) is 0 Å². The Morgan fingerprint density at radius 2 is 1.77 bits per heavy atom. The lowest BCUT2D eigenvalue weighted by molar-refractivity contribution is 0.0923. The highest BCUT2D eigenvalue weighted by molar-refractivity contribution is 9.10. The summed E-state index contributed by atoms with van der Waals surface area (Å²) in [6.45, 7) is 2.00. The third-order valence-corrected chi connectivity index (χ3v) is 6.48. The quantitative estimate of drug-likeness (QED) is 0.400. The number of carbonyl (C=O) groups is 1. The molecule has 8 nitrogen and oxygen atoms in total. The van der Waals surface area contributed by atoms with Crippen molar-refractivity contribution >= 4 is 46.0 Å². The predicted octanol–water partition coefficient (Wildman–Crippen LogP) is 5.38. The number of hydrogen-bond acceptors (Lipinski definition) is 7. The second kappa shape index (κ2) is 12.2. The lowest BCUT2D eigenvalue weighted by Crippen LogP contribution is -2.40. The molecular formula is C25H30BrClN6O2. The first-order valence-electron chi connectivity index (χ1n) is 11.4. The van der Waals surface area contributed by atoms with Crippen LogP contribution < -0.4 is 20.3 Å². The van der Waals surface area contributed by atoms with Gasteiger partial charge in [-0.3, -0.25) is 4.79 Å². The van der Waals surface area contributed by atoms with Crippen LogP contribution in [0.15, 0.2) is 53.3 Å². The van der Waals surface area contributed by atoms with Gasteiger partial charge < -0.3 is 20.3 Å². The standard InChI is InChI=1S/C25H29BrN6O2.ClH/c1-16-15-28-25(31-22(16)32(2)3)30-18-12-10-17(11-13-18)29-23(33)19-7-6-14-27-24(19)34-21-9-5-4-8-20(21)26;/h4-9,14-15,17-18H,10-13H2,1-3H3,(H,29,33)(H,28,30,31);1H. The normalized spacial score (nSPS) is 17.1. The number of ether oxygens (including phenoxy) is 1. The molecule has 1 fully saturated rings. The largest absolute Gasteiger partial charge is 0.437 e. The predicted molar refractivity (Wildman–Crippen MR) is 144 cm³/mol. The molecule has 1 saturated carbocycles. The summed E-state index contributed by atoms with van der Waals surface area (Å²) in [6, 6.07) is 11.3. The van der Waals surface area contributed by atoms with Crippen molar-refractivity contribution in [3.05, 3.63) is 64.4 Å². The van der Waals surface area contributed by atoms with Gasteiger partial charge in [-0.25, -0.2) is 9.97 Å². The van der Waals surface area contributed by atoms with Crippen LogP contribution in [0.1, 0.15) is 41.6 Å². The number of para-hydroxylation sites is 1. The summed E-state index contributed by atoms with van der Waals surface area (Å²) in [7, 11) is 3.95. The molecule has 2 N–H and O–H groups in total. The van der Waals surface area contributed by atoms with Gasteiger partial charge >= 0.3 is 0 Å². The molecule has 186 valence electrons. The minimum atomic E-state index is -0.177. The van der Waals surface area contributed by atoms with Gasteiger partial charge in [0, 0.05) is 44.1 Å². The number of amides is 1. The lowest BCUT2D eigenvalue weighted by Gasteiger charge is -2.30. The van der Waals surface area contributed by atoms with E-state index in [-0.39, 0.29) is 36.3 Å². The maximum absolute atomic E-state index is 13.0. The Kier molecular flexibility index (Phi) is 9.28. The van der Waals surface area contributed by atoms with Gasteiger partial charge in [0.2, 0.25) is 11.8 Å². The fourth-order valence-corrected chi connectivity index (χ4v) is 4.43. The zero-order chi connectivity index (χ0) is 24.1. The van der Waals surface area contributed by atoms with Gasteiger partial charge in [0.15, 0.2) is 0 Å². The summed E-state index contributed by atoms with van der Waals surface area (Å²) in [5, 5.41) is 6.61. The van der Waals surface area contributed by atoms with Gasteiger partial charge in [0.25, 0.3) is 5.91 Å². The number of hydrogen-bond donors (Lipinski definition) is 2. The Morgan fingerprint density at radius 3 is 2.49 bits per heavy atom. The van der Waals surface area contributed by atoms with Crippen LogP contribution in [0, 0.1) is 6.92 Å². The number of anilines is 2. The molecule has 0 aliphatic heterocycles. The van der Waals surface area contributed by atoms with Crippen LogP contribution in [0.5, 0.6) is 11.6 Å². The number of aromatic nitrogens is 3. The van der Waals surface area contributed by atoms with E-state index in [2.05, 4.69) is 41.5 Å². The van der Waals surface area contributed by atoms with Crippen LogP contribution in [0.4, 0.5) is 11.8 Å². The van der Waals surface area contributed by atoms with Gasteiger partial charge in [-0.05, 0) is 72.8 Å². The molecule has 2 heterocycles. The van der Waals surface area contributed by atoms with E-state index in [9.17, 15) is 4.79 Å². The van der Waals surface area contributed by atoms with Gasteiger partial charge in [-0.2, -0.15) is 4.98 Å². The molecule has 10 heteroatoms. The maximum Gasteiger partial charge on any atom is 0.257 e. The molecule has 4 rings (SSSR count). The first kappa shape index (κ1) is 26.7. The summed E-state index contributed by atoms with van der Waals surface area (Å²) in [5.41, 5.74) is 1.46. The number of nitrogens with zero attached hydrogens (tertiary/aromatic N) is 4. The minimum absolute atomic E-state index is 0.